The summed E-state index contributed by atoms with van der Waals surface area (Å²) in [6.07, 6.45) is 8.29. The van der Waals surface area contributed by atoms with Crippen molar-refractivity contribution in [1.29, 1.82) is 0 Å². The normalized spacial score (nSPS) is 80.0. The SMILES string of the molecule is C1C2CC3C4CC5CC3(CC12)C54. The molecule has 64 valence electrons. The Morgan fingerprint density at radius 3 is 2.58 bits per heavy atom. The summed E-state index contributed by atoms with van der Waals surface area (Å²) in [6.45, 7) is 0. The van der Waals surface area contributed by atoms with Crippen molar-refractivity contribution in [1.82, 2.24) is 0 Å². The van der Waals surface area contributed by atoms with Gasteiger partial charge in [0.2, 0.25) is 0 Å². The molecule has 5 aliphatic rings. The molecule has 0 heteroatoms. The fourth-order valence-electron chi connectivity index (χ4n) is 5.93. The molecule has 0 nitrogen and oxygen atoms in total. The third-order valence-corrected chi connectivity index (χ3v) is 6.37. The van der Waals surface area contributed by atoms with E-state index in [-0.39, 0.29) is 0 Å². The monoisotopic (exact) mass is 160 g/mol. The van der Waals surface area contributed by atoms with Crippen molar-refractivity contribution in [2.24, 2.45) is 40.9 Å². The first-order chi connectivity index (χ1) is 5.88. The van der Waals surface area contributed by atoms with Gasteiger partial charge in [-0.2, -0.15) is 0 Å². The summed E-state index contributed by atoms with van der Waals surface area (Å²) in [7, 11) is 0. The molecule has 0 heterocycles. The van der Waals surface area contributed by atoms with Crippen LogP contribution in [0.2, 0.25) is 0 Å². The van der Waals surface area contributed by atoms with Crippen LogP contribution in [0.3, 0.4) is 0 Å². The van der Waals surface area contributed by atoms with Gasteiger partial charge >= 0.3 is 0 Å². The minimum Gasteiger partial charge on any atom is -0.0470 e. The lowest BCUT2D eigenvalue weighted by Crippen LogP contribution is -2.75. The van der Waals surface area contributed by atoms with Crippen LogP contribution in [0, 0.1) is 40.9 Å². The van der Waals surface area contributed by atoms with Crippen molar-refractivity contribution < 1.29 is 0 Å². The number of fused-ring (bicyclic) bond motifs is 2. The molecule has 12 heavy (non-hydrogen) atoms. The summed E-state index contributed by atoms with van der Waals surface area (Å²) in [4.78, 5) is 0. The van der Waals surface area contributed by atoms with Crippen molar-refractivity contribution in [2.75, 3.05) is 0 Å². The van der Waals surface area contributed by atoms with Crippen LogP contribution in [0.4, 0.5) is 0 Å². The van der Waals surface area contributed by atoms with Gasteiger partial charge in [0.1, 0.15) is 0 Å². The Hall–Kier alpha value is 0. The summed E-state index contributed by atoms with van der Waals surface area (Å²) < 4.78 is 0. The fraction of sp³-hybridized carbons (Fsp3) is 1.00. The molecule has 5 rings (SSSR count). The van der Waals surface area contributed by atoms with Crippen LogP contribution in [-0.2, 0) is 0 Å². The van der Waals surface area contributed by atoms with Crippen LogP contribution < -0.4 is 0 Å². The zero-order chi connectivity index (χ0) is 7.50. The van der Waals surface area contributed by atoms with Crippen molar-refractivity contribution in [3.05, 3.63) is 0 Å². The van der Waals surface area contributed by atoms with Gasteiger partial charge < -0.3 is 0 Å². The Bertz CT molecular complexity index is 282. The lowest BCUT2D eigenvalue weighted by molar-refractivity contribution is -0.335. The highest BCUT2D eigenvalue weighted by Crippen LogP contribution is 2.85. The average molecular weight is 160 g/mol. The van der Waals surface area contributed by atoms with Gasteiger partial charge in [0, 0.05) is 0 Å². The molecule has 0 N–H and O–H groups in total. The molecule has 5 fully saturated rings. The molecule has 0 radical (unpaired) electrons. The van der Waals surface area contributed by atoms with E-state index >= 15 is 0 Å². The minimum absolute atomic E-state index is 0.991. The second-order valence-corrected chi connectivity index (χ2v) is 6.42. The van der Waals surface area contributed by atoms with Gasteiger partial charge in [-0.05, 0) is 73.0 Å². The zero-order valence-corrected chi connectivity index (χ0v) is 7.50. The first-order valence-corrected chi connectivity index (χ1v) is 5.88. The lowest BCUT2D eigenvalue weighted by atomic mass is 9.23. The van der Waals surface area contributed by atoms with Gasteiger partial charge in [-0.15, -0.1) is 0 Å². The largest absolute Gasteiger partial charge is 0.0470 e. The van der Waals surface area contributed by atoms with E-state index in [4.69, 9.17) is 0 Å². The molecule has 7 unspecified atom stereocenters. The second kappa shape index (κ2) is 1.31. The van der Waals surface area contributed by atoms with E-state index in [1.807, 2.05) is 0 Å². The van der Waals surface area contributed by atoms with Gasteiger partial charge in [-0.1, -0.05) is 0 Å². The maximum atomic E-state index is 1.68. The van der Waals surface area contributed by atoms with E-state index in [1.54, 1.807) is 32.1 Å². The predicted molar refractivity (Wildman–Crippen MR) is 46.5 cm³/mol. The molecule has 0 bridgehead atoms. The molecule has 7 atom stereocenters. The number of rotatable bonds is 0. The third-order valence-electron chi connectivity index (χ3n) is 6.37. The molecule has 0 aromatic carbocycles. The van der Waals surface area contributed by atoms with Crippen LogP contribution in [0.25, 0.3) is 0 Å². The highest BCUT2D eigenvalue weighted by atomic mass is 14.8. The average Bonchev–Trinajstić information content (AvgIpc) is 2.75. The lowest BCUT2D eigenvalue weighted by Gasteiger charge is -2.82. The maximum absolute atomic E-state index is 1.68. The molecule has 0 aromatic rings. The van der Waals surface area contributed by atoms with Crippen LogP contribution in [0.15, 0.2) is 0 Å². The van der Waals surface area contributed by atoms with Crippen LogP contribution in [-0.4, -0.2) is 0 Å². The fourth-order valence-corrected chi connectivity index (χ4v) is 5.93. The minimum atomic E-state index is 0.991. The third kappa shape index (κ3) is 0.352. The molecule has 5 aliphatic carbocycles. The molecule has 0 saturated heterocycles. The van der Waals surface area contributed by atoms with Crippen LogP contribution in [0.1, 0.15) is 32.1 Å². The standard InChI is InChI=1S/C12H16/c1-6-3-10-9-2-8-5-12(10,11(8)9)4-7(1)6/h6-11H,1-5H2. The Morgan fingerprint density at radius 2 is 1.75 bits per heavy atom. The van der Waals surface area contributed by atoms with E-state index < -0.39 is 0 Å². The molecule has 5 saturated carbocycles. The highest BCUT2D eigenvalue weighted by molar-refractivity contribution is 5.27. The van der Waals surface area contributed by atoms with Gasteiger partial charge in [0.25, 0.3) is 0 Å². The summed E-state index contributed by atoms with van der Waals surface area (Å²) >= 11 is 0. The molecule has 0 aromatic heterocycles. The Labute approximate surface area is 73.7 Å². The highest BCUT2D eigenvalue weighted by Gasteiger charge is 2.79. The first-order valence-electron chi connectivity index (χ1n) is 5.88. The van der Waals surface area contributed by atoms with Crippen LogP contribution >= 0.6 is 0 Å². The smallest absolute Gasteiger partial charge is 0.0227 e. The predicted octanol–water partition coefficient (Wildman–Crippen LogP) is 2.69. The van der Waals surface area contributed by atoms with Gasteiger partial charge in [-0.25, -0.2) is 0 Å². The summed E-state index contributed by atoms with van der Waals surface area (Å²) in [5, 5.41) is 0. The first kappa shape index (κ1) is 5.67. The second-order valence-electron chi connectivity index (χ2n) is 6.42. The van der Waals surface area contributed by atoms with Crippen molar-refractivity contribution in [2.45, 2.75) is 32.1 Å². The van der Waals surface area contributed by atoms with Crippen molar-refractivity contribution >= 4 is 0 Å². The molecule has 0 aliphatic heterocycles. The zero-order valence-electron chi connectivity index (χ0n) is 7.50. The molecular weight excluding hydrogens is 144 g/mol. The van der Waals surface area contributed by atoms with Gasteiger partial charge in [0.15, 0.2) is 0 Å². The summed E-state index contributed by atoms with van der Waals surface area (Å²) in [5.41, 5.74) is 0.991. The van der Waals surface area contributed by atoms with Crippen molar-refractivity contribution in [3.63, 3.8) is 0 Å². The van der Waals surface area contributed by atoms with E-state index in [1.165, 1.54) is 35.5 Å². The Kier molecular flexibility index (Phi) is 0.618. The van der Waals surface area contributed by atoms with E-state index in [9.17, 15) is 0 Å². The Balaban J connectivity index is 1.61. The maximum Gasteiger partial charge on any atom is -0.0227 e. The van der Waals surface area contributed by atoms with E-state index in [2.05, 4.69) is 0 Å². The molecule has 0 amide bonds. The van der Waals surface area contributed by atoms with Crippen molar-refractivity contribution in [3.8, 4) is 0 Å². The Morgan fingerprint density at radius 1 is 0.833 bits per heavy atom. The quantitative estimate of drug-likeness (QED) is 0.511. The van der Waals surface area contributed by atoms with Gasteiger partial charge in [-0.3, -0.25) is 0 Å². The number of hydrogen-bond donors (Lipinski definition) is 0. The van der Waals surface area contributed by atoms with Gasteiger partial charge in [0.05, 0.1) is 0 Å². The molecule has 1 spiro atoms. The van der Waals surface area contributed by atoms with E-state index in [0.29, 0.717) is 0 Å². The topological polar surface area (TPSA) is 0 Å². The number of hydrogen-bond acceptors (Lipinski definition) is 0. The van der Waals surface area contributed by atoms with E-state index in [0.717, 1.165) is 5.41 Å². The summed E-state index contributed by atoms with van der Waals surface area (Å²) in [5.74, 6) is 7.47. The summed E-state index contributed by atoms with van der Waals surface area (Å²) in [6, 6.07) is 0. The molecular formula is C12H16. The van der Waals surface area contributed by atoms with Crippen LogP contribution in [0.5, 0.6) is 0 Å².